The standard InChI is InChI=1S/C24H22N2O4/c1-14-3-7-17(8-4-14)25-23(28)20-13-19-21(26-24(20)29)11-16(12-22(19)27)15-5-9-18(30-2)10-6-15/h3-10,13,16H,11-12H2,1-2H3,(H,25,28)(H,26,29)/t16-/m1/s1. The van der Waals surface area contributed by atoms with Crippen molar-refractivity contribution in [3.8, 4) is 5.75 Å². The number of fused-ring (bicyclic) bond motifs is 1. The number of anilines is 1. The van der Waals surface area contributed by atoms with E-state index in [1.807, 2.05) is 43.3 Å². The molecule has 1 aliphatic rings. The lowest BCUT2D eigenvalue weighted by Gasteiger charge is -2.24. The van der Waals surface area contributed by atoms with E-state index in [2.05, 4.69) is 10.3 Å². The van der Waals surface area contributed by atoms with E-state index >= 15 is 0 Å². The molecule has 0 bridgehead atoms. The minimum atomic E-state index is -0.534. The Morgan fingerprint density at radius 1 is 1.03 bits per heavy atom. The lowest BCUT2D eigenvalue weighted by molar-refractivity contribution is 0.0963. The van der Waals surface area contributed by atoms with Crippen molar-refractivity contribution in [3.63, 3.8) is 0 Å². The molecule has 152 valence electrons. The van der Waals surface area contributed by atoms with E-state index < -0.39 is 11.5 Å². The SMILES string of the molecule is COc1ccc([C@H]2CC(=O)c3cc(C(=O)Nc4ccc(C)cc4)c(=O)[nH]c3C2)cc1. The number of Topliss-reactive ketones (excluding diaryl/α,β-unsaturated/α-hetero) is 1. The number of methoxy groups -OCH3 is 1. The highest BCUT2D eigenvalue weighted by molar-refractivity contribution is 6.06. The average molecular weight is 402 g/mol. The van der Waals surface area contributed by atoms with Gasteiger partial charge in [0.05, 0.1) is 7.11 Å². The molecule has 1 aliphatic carbocycles. The Morgan fingerprint density at radius 3 is 2.40 bits per heavy atom. The summed E-state index contributed by atoms with van der Waals surface area (Å²) in [5.74, 6) is 0.100. The number of aromatic amines is 1. The molecule has 0 fully saturated rings. The van der Waals surface area contributed by atoms with Crippen LogP contribution in [0.3, 0.4) is 0 Å². The Hall–Kier alpha value is -3.67. The van der Waals surface area contributed by atoms with Gasteiger partial charge in [0.25, 0.3) is 11.5 Å². The molecule has 6 heteroatoms. The first-order valence-electron chi connectivity index (χ1n) is 9.76. The summed E-state index contributed by atoms with van der Waals surface area (Å²) in [7, 11) is 1.60. The van der Waals surface area contributed by atoms with Gasteiger partial charge in [-0.15, -0.1) is 0 Å². The van der Waals surface area contributed by atoms with E-state index in [1.165, 1.54) is 6.07 Å². The Labute approximate surface area is 173 Å². The molecular weight excluding hydrogens is 380 g/mol. The predicted molar refractivity (Wildman–Crippen MR) is 115 cm³/mol. The number of pyridine rings is 1. The number of aromatic nitrogens is 1. The largest absolute Gasteiger partial charge is 0.497 e. The zero-order chi connectivity index (χ0) is 21.3. The summed E-state index contributed by atoms with van der Waals surface area (Å²) >= 11 is 0. The minimum absolute atomic E-state index is 0.0289. The number of H-pyrrole nitrogens is 1. The van der Waals surface area contributed by atoms with Crippen LogP contribution in [0.1, 0.15) is 49.9 Å². The van der Waals surface area contributed by atoms with Crippen molar-refractivity contribution in [1.29, 1.82) is 0 Å². The van der Waals surface area contributed by atoms with Crippen molar-refractivity contribution in [2.45, 2.75) is 25.7 Å². The third kappa shape index (κ3) is 3.89. The van der Waals surface area contributed by atoms with Crippen molar-refractivity contribution in [2.75, 3.05) is 12.4 Å². The van der Waals surface area contributed by atoms with Gasteiger partial charge >= 0.3 is 0 Å². The van der Waals surface area contributed by atoms with Crippen LogP contribution < -0.4 is 15.6 Å². The monoisotopic (exact) mass is 402 g/mol. The molecule has 0 radical (unpaired) electrons. The van der Waals surface area contributed by atoms with Gasteiger partial charge in [-0.1, -0.05) is 29.8 Å². The second kappa shape index (κ2) is 7.99. The van der Waals surface area contributed by atoms with Gasteiger partial charge in [-0.25, -0.2) is 0 Å². The normalized spacial score (nSPS) is 15.4. The van der Waals surface area contributed by atoms with Crippen LogP contribution in [0, 0.1) is 6.92 Å². The second-order valence-electron chi connectivity index (χ2n) is 7.53. The number of ether oxygens (including phenoxy) is 1. The van der Waals surface area contributed by atoms with Gasteiger partial charge in [0.15, 0.2) is 5.78 Å². The third-order valence-corrected chi connectivity index (χ3v) is 5.45. The number of amides is 1. The maximum absolute atomic E-state index is 12.8. The Morgan fingerprint density at radius 2 is 1.73 bits per heavy atom. The number of hydrogen-bond donors (Lipinski definition) is 2. The molecule has 6 nitrogen and oxygen atoms in total. The Balaban J connectivity index is 1.59. The zero-order valence-corrected chi connectivity index (χ0v) is 16.8. The number of hydrogen-bond acceptors (Lipinski definition) is 4. The summed E-state index contributed by atoms with van der Waals surface area (Å²) in [6.07, 6.45) is 0.854. The Kier molecular flexibility index (Phi) is 5.23. The number of nitrogens with one attached hydrogen (secondary N) is 2. The maximum Gasteiger partial charge on any atom is 0.261 e. The van der Waals surface area contributed by atoms with Crippen molar-refractivity contribution in [1.82, 2.24) is 4.98 Å². The van der Waals surface area contributed by atoms with Crippen LogP contribution in [-0.4, -0.2) is 23.8 Å². The molecule has 1 aromatic heterocycles. The van der Waals surface area contributed by atoms with Crippen molar-refractivity contribution in [2.24, 2.45) is 0 Å². The van der Waals surface area contributed by atoms with Gasteiger partial charge in [-0.2, -0.15) is 0 Å². The van der Waals surface area contributed by atoms with Crippen LogP contribution in [-0.2, 0) is 6.42 Å². The molecule has 0 saturated heterocycles. The molecule has 3 aromatic rings. The average Bonchev–Trinajstić information content (AvgIpc) is 2.74. The first kappa shape index (κ1) is 19.6. The van der Waals surface area contributed by atoms with Crippen LogP contribution in [0.2, 0.25) is 0 Å². The van der Waals surface area contributed by atoms with Gasteiger partial charge in [-0.05, 0) is 55.2 Å². The number of ketones is 1. The van der Waals surface area contributed by atoms with E-state index in [-0.39, 0.29) is 17.3 Å². The smallest absolute Gasteiger partial charge is 0.261 e. The summed E-state index contributed by atoms with van der Waals surface area (Å²) in [4.78, 5) is 40.7. The van der Waals surface area contributed by atoms with E-state index in [4.69, 9.17) is 4.74 Å². The molecule has 1 atom stereocenters. The summed E-state index contributed by atoms with van der Waals surface area (Å²) in [6, 6.07) is 16.3. The first-order chi connectivity index (χ1) is 14.4. The quantitative estimate of drug-likeness (QED) is 0.694. The van der Waals surface area contributed by atoms with Crippen molar-refractivity contribution in [3.05, 3.63) is 92.9 Å². The molecule has 0 saturated carbocycles. The molecule has 2 aromatic carbocycles. The third-order valence-electron chi connectivity index (χ3n) is 5.45. The van der Waals surface area contributed by atoms with Crippen LogP contribution in [0.25, 0.3) is 0 Å². The van der Waals surface area contributed by atoms with Gasteiger partial charge in [-0.3, -0.25) is 14.4 Å². The second-order valence-corrected chi connectivity index (χ2v) is 7.53. The molecule has 2 N–H and O–H groups in total. The molecule has 0 aliphatic heterocycles. The van der Waals surface area contributed by atoms with Crippen LogP contribution in [0.15, 0.2) is 59.4 Å². The molecule has 1 amide bonds. The first-order valence-corrected chi connectivity index (χ1v) is 9.76. The lowest BCUT2D eigenvalue weighted by atomic mass is 9.81. The number of carbonyl (C=O) groups excluding carboxylic acids is 2. The maximum atomic E-state index is 12.8. The summed E-state index contributed by atoms with van der Waals surface area (Å²) in [5, 5.41) is 2.71. The fraction of sp³-hybridized carbons (Fsp3) is 0.208. The number of rotatable bonds is 4. The summed E-state index contributed by atoms with van der Waals surface area (Å²) in [6.45, 7) is 1.95. The molecule has 0 spiro atoms. The Bertz CT molecular complexity index is 1160. The number of aryl methyl sites for hydroxylation is 1. The van der Waals surface area contributed by atoms with E-state index in [9.17, 15) is 14.4 Å². The topological polar surface area (TPSA) is 88.3 Å². The minimum Gasteiger partial charge on any atom is -0.497 e. The van der Waals surface area contributed by atoms with E-state index in [0.29, 0.717) is 29.8 Å². The van der Waals surface area contributed by atoms with Crippen LogP contribution >= 0.6 is 0 Å². The van der Waals surface area contributed by atoms with E-state index in [1.54, 1.807) is 19.2 Å². The highest BCUT2D eigenvalue weighted by atomic mass is 16.5. The van der Waals surface area contributed by atoms with Gasteiger partial charge in [0.2, 0.25) is 0 Å². The highest BCUT2D eigenvalue weighted by Gasteiger charge is 2.29. The predicted octanol–water partition coefficient (Wildman–Crippen LogP) is 3.86. The van der Waals surface area contributed by atoms with Gasteiger partial charge in [0, 0.05) is 23.4 Å². The molecule has 30 heavy (non-hydrogen) atoms. The number of carbonyl (C=O) groups is 2. The molecule has 0 unspecified atom stereocenters. The van der Waals surface area contributed by atoms with Crippen LogP contribution in [0.4, 0.5) is 5.69 Å². The molecular formula is C24H22N2O4. The van der Waals surface area contributed by atoms with Gasteiger partial charge < -0.3 is 15.0 Å². The lowest BCUT2D eigenvalue weighted by Crippen LogP contribution is -2.29. The van der Waals surface area contributed by atoms with Crippen molar-refractivity contribution >= 4 is 17.4 Å². The fourth-order valence-corrected chi connectivity index (χ4v) is 3.75. The summed E-state index contributed by atoms with van der Waals surface area (Å²) in [5.41, 5.74) is 3.09. The number of benzene rings is 2. The zero-order valence-electron chi connectivity index (χ0n) is 16.8. The van der Waals surface area contributed by atoms with Gasteiger partial charge in [0.1, 0.15) is 11.3 Å². The van der Waals surface area contributed by atoms with E-state index in [0.717, 1.165) is 16.9 Å². The van der Waals surface area contributed by atoms with Crippen molar-refractivity contribution < 1.29 is 14.3 Å². The molecule has 4 rings (SSSR count). The summed E-state index contributed by atoms with van der Waals surface area (Å²) < 4.78 is 5.18. The highest BCUT2D eigenvalue weighted by Crippen LogP contribution is 2.32. The fourth-order valence-electron chi connectivity index (χ4n) is 3.75. The van der Waals surface area contributed by atoms with Crippen LogP contribution in [0.5, 0.6) is 5.75 Å². The molecule has 1 heterocycles.